The molecule has 0 spiro atoms. The smallest absolute Gasteiger partial charge is 0.174 e. The zero-order chi connectivity index (χ0) is 18.6. The lowest BCUT2D eigenvalue weighted by Gasteiger charge is -1.91. The van der Waals surface area contributed by atoms with E-state index in [9.17, 15) is 0 Å². The maximum absolute atomic E-state index is 4.44. The van der Waals surface area contributed by atoms with Gasteiger partial charge in [0.15, 0.2) is 9.55 Å². The van der Waals surface area contributed by atoms with Crippen molar-refractivity contribution in [3.05, 3.63) is 0 Å². The van der Waals surface area contributed by atoms with Crippen LogP contribution in [0.4, 0.5) is 0 Å². The Labute approximate surface area is 139 Å². The summed E-state index contributed by atoms with van der Waals surface area (Å²) >= 11 is 4.44. The second-order valence-electron chi connectivity index (χ2n) is 1.61. The zero-order valence-corrected chi connectivity index (χ0v) is 14.8. The Morgan fingerprint density at radius 2 is 0.478 bits per heavy atom. The van der Waals surface area contributed by atoms with E-state index in [0.717, 1.165) is 0 Å². The maximum Gasteiger partial charge on any atom is 0.174 e. The van der Waals surface area contributed by atoms with E-state index in [4.69, 9.17) is 0 Å². The first kappa shape index (κ1) is 30.8. The Hall–Kier alpha value is -0.0931. The van der Waals surface area contributed by atoms with Crippen molar-refractivity contribution < 1.29 is 74.7 Å². The number of hydrogen-bond donors (Lipinski definition) is 0. The molecule has 15 nitrogen and oxygen atoms in total. The summed E-state index contributed by atoms with van der Waals surface area (Å²) < 4.78 is 0. The summed E-state index contributed by atoms with van der Waals surface area (Å²) in [5.41, 5.74) is 0. The average molecular weight is 394 g/mol. The fourth-order valence-corrected chi connectivity index (χ4v) is 0.201. The molecule has 143 valence electrons. The van der Waals surface area contributed by atoms with E-state index in [0.29, 0.717) is 0 Å². The first-order chi connectivity index (χ1) is 11.2. The third-order valence-corrected chi connectivity index (χ3v) is 0.575. The van der Waals surface area contributed by atoms with Gasteiger partial charge in [0.1, 0.15) is 0 Å². The van der Waals surface area contributed by atoms with Gasteiger partial charge < -0.3 is 0 Å². The fraction of sp³-hybridized carbons (Fsp3) is 1.00. The van der Waals surface area contributed by atoms with Gasteiger partial charge in [0.25, 0.3) is 0 Å². The van der Waals surface area contributed by atoms with E-state index in [1.54, 1.807) is 0 Å². The minimum Gasteiger partial charge on any atom is -0.207 e. The van der Waals surface area contributed by atoms with Crippen molar-refractivity contribution in [3.8, 4) is 0 Å². The molecule has 0 fully saturated rings. The molecular weight excluding hydrogens is 376 g/mol. The van der Waals surface area contributed by atoms with Crippen molar-refractivity contribution in [1.82, 2.24) is 0 Å². The third-order valence-electron chi connectivity index (χ3n) is 0.575. The van der Waals surface area contributed by atoms with Crippen LogP contribution in [-0.4, -0.2) is 52.2 Å². The highest BCUT2D eigenvalue weighted by Gasteiger charge is 1.80. The molecule has 0 aliphatic rings. The summed E-state index contributed by atoms with van der Waals surface area (Å²) in [6.07, 6.45) is 0. The van der Waals surface area contributed by atoms with Crippen LogP contribution in [0.2, 0.25) is 0 Å². The topological polar surface area (TPSA) is 138 Å². The molecule has 0 aliphatic heterocycles. The van der Waals surface area contributed by atoms with Gasteiger partial charge in [-0.3, -0.25) is 0 Å². The Balaban J connectivity index is -0.000000111. The Morgan fingerprint density at radius 1 is 0.348 bits per heavy atom. The second-order valence-corrected chi connectivity index (χ2v) is 1.61. The molecule has 0 aliphatic carbocycles. The first-order valence-electron chi connectivity index (χ1n) is 4.64. The highest BCUT2D eigenvalue weighted by atomic mass is 35.6. The molecule has 0 saturated heterocycles. The van der Waals surface area contributed by atoms with Crippen molar-refractivity contribution in [1.29, 1.82) is 0 Å². The van der Waals surface area contributed by atoms with E-state index in [2.05, 4.69) is 95.3 Å². The molecule has 0 saturated carbocycles. The Kier molecular flexibility index (Phi) is 57.6. The molecule has 0 unspecified atom stereocenters. The van der Waals surface area contributed by atoms with Gasteiger partial charge in [0, 0.05) is 0 Å². The van der Waals surface area contributed by atoms with Crippen molar-refractivity contribution in [2.75, 3.05) is 42.7 Å². The lowest BCUT2D eigenvalue weighted by atomic mass is 11.8. The molecule has 17 heteroatoms. The standard InChI is InChI=1S/3C2H6O5.ClSi/c3*1-3-5-7-6-4-2;1-2/h3*1-2H3;. The molecule has 0 N–H and O–H groups in total. The van der Waals surface area contributed by atoms with Crippen molar-refractivity contribution in [2.24, 2.45) is 0 Å². The van der Waals surface area contributed by atoms with Crippen LogP contribution >= 0.6 is 11.1 Å². The van der Waals surface area contributed by atoms with Crippen LogP contribution in [0.3, 0.4) is 0 Å². The Morgan fingerprint density at radius 3 is 0.565 bits per heavy atom. The average Bonchev–Trinajstić information content (AvgIpc) is 2.59. The summed E-state index contributed by atoms with van der Waals surface area (Å²) in [6.45, 7) is 0. The van der Waals surface area contributed by atoms with Crippen LogP contribution in [0, 0.1) is 0 Å². The van der Waals surface area contributed by atoms with E-state index in [1.165, 1.54) is 42.7 Å². The van der Waals surface area contributed by atoms with Gasteiger partial charge in [-0.15, -0.1) is 0 Å². The van der Waals surface area contributed by atoms with Crippen LogP contribution in [0.5, 0.6) is 0 Å². The summed E-state index contributed by atoms with van der Waals surface area (Å²) in [6, 6.07) is 0. The van der Waals surface area contributed by atoms with Gasteiger partial charge in [-0.25, -0.2) is 29.3 Å². The third kappa shape index (κ3) is 61.2. The summed E-state index contributed by atoms with van der Waals surface area (Å²) in [5.74, 6) is 0. The second kappa shape index (κ2) is 43.1. The molecule has 0 heterocycles. The first-order valence-corrected chi connectivity index (χ1v) is 6.15. The van der Waals surface area contributed by atoms with E-state index in [1.807, 2.05) is 0 Å². The lowest BCUT2D eigenvalue weighted by Crippen LogP contribution is -1.93. The SMILES string of the molecule is COOOOOC.COOOOOC.COOOOOC.[Si]Cl. The van der Waals surface area contributed by atoms with Gasteiger partial charge in [-0.2, -0.15) is 11.1 Å². The van der Waals surface area contributed by atoms with Gasteiger partial charge in [-0.1, -0.05) is 0 Å². The number of halogens is 1. The molecule has 0 aromatic carbocycles. The van der Waals surface area contributed by atoms with E-state index in [-0.39, 0.29) is 0 Å². The minimum absolute atomic E-state index is 1.26. The summed E-state index contributed by atoms with van der Waals surface area (Å²) in [5, 5.41) is 33.4. The lowest BCUT2D eigenvalue weighted by molar-refractivity contribution is -0.701. The highest BCUT2D eigenvalue weighted by Crippen LogP contribution is 1.79. The molecule has 0 bridgehead atoms. The normalized spacial score (nSPS) is 8.87. The molecule has 0 rings (SSSR count). The predicted molar refractivity (Wildman–Crippen MR) is 63.4 cm³/mol. The minimum atomic E-state index is 1.26. The quantitative estimate of drug-likeness (QED) is 0.147. The molecule has 0 amide bonds. The van der Waals surface area contributed by atoms with Gasteiger partial charge in [0.05, 0.1) is 42.7 Å². The van der Waals surface area contributed by atoms with Gasteiger partial charge in [-0.05, 0) is 45.3 Å². The van der Waals surface area contributed by atoms with Crippen LogP contribution in [0.25, 0.3) is 0 Å². The molecule has 3 radical (unpaired) electrons. The summed E-state index contributed by atoms with van der Waals surface area (Å²) in [4.78, 5) is 23.5. The largest absolute Gasteiger partial charge is 0.207 e. The number of hydrogen-bond acceptors (Lipinski definition) is 15. The van der Waals surface area contributed by atoms with Crippen LogP contribution in [-0.2, 0) is 74.7 Å². The fourth-order valence-electron chi connectivity index (χ4n) is 0.201. The van der Waals surface area contributed by atoms with Gasteiger partial charge >= 0.3 is 0 Å². The van der Waals surface area contributed by atoms with Crippen LogP contribution < -0.4 is 0 Å². The van der Waals surface area contributed by atoms with Crippen LogP contribution in [0.15, 0.2) is 0 Å². The monoisotopic (exact) mass is 393 g/mol. The summed E-state index contributed by atoms with van der Waals surface area (Å²) in [7, 11) is 10.0. The molecule has 23 heavy (non-hydrogen) atoms. The van der Waals surface area contributed by atoms with Crippen molar-refractivity contribution in [2.45, 2.75) is 0 Å². The molecular formula is C6H18ClO15Si. The molecule has 0 aromatic rings. The maximum atomic E-state index is 4.44. The van der Waals surface area contributed by atoms with E-state index >= 15 is 0 Å². The van der Waals surface area contributed by atoms with Gasteiger partial charge in [0.2, 0.25) is 0 Å². The number of rotatable bonds is 12. The van der Waals surface area contributed by atoms with E-state index < -0.39 is 0 Å². The highest BCUT2D eigenvalue weighted by molar-refractivity contribution is 6.80. The van der Waals surface area contributed by atoms with Crippen molar-refractivity contribution in [3.63, 3.8) is 0 Å². The zero-order valence-electron chi connectivity index (χ0n) is 13.0. The predicted octanol–water partition coefficient (Wildman–Crippen LogP) is 0.276. The van der Waals surface area contributed by atoms with Crippen LogP contribution in [0.1, 0.15) is 0 Å². The Bertz CT molecular complexity index is 111. The van der Waals surface area contributed by atoms with Crippen molar-refractivity contribution >= 4 is 20.6 Å². The molecule has 0 atom stereocenters. The molecule has 0 aromatic heterocycles.